The molecule has 0 N–H and O–H groups in total. The zero-order valence-electron chi connectivity index (χ0n) is 8.00. The van der Waals surface area contributed by atoms with E-state index in [9.17, 15) is 0 Å². The molecule has 0 unspecified atom stereocenters. The molecule has 0 aromatic rings. The van der Waals surface area contributed by atoms with Crippen LogP contribution in [-0.4, -0.2) is 35.4 Å². The van der Waals surface area contributed by atoms with Crippen LogP contribution in [0.2, 0.25) is 0 Å². The highest BCUT2D eigenvalue weighted by Crippen LogP contribution is 2.19. The van der Waals surface area contributed by atoms with Gasteiger partial charge in [0.1, 0.15) is 0 Å². The van der Waals surface area contributed by atoms with Gasteiger partial charge in [0.15, 0.2) is 10.5 Å². The highest BCUT2D eigenvalue weighted by Gasteiger charge is 2.29. The van der Waals surface area contributed by atoms with Crippen molar-refractivity contribution < 1.29 is 13.9 Å². The maximum absolute atomic E-state index is 5.40. The summed E-state index contributed by atoms with van der Waals surface area (Å²) < 4.78 is 16.1. The summed E-state index contributed by atoms with van der Waals surface area (Å²) in [5.41, 5.74) is 0. The van der Waals surface area contributed by atoms with Gasteiger partial charge in [0.2, 0.25) is 0 Å². The summed E-state index contributed by atoms with van der Waals surface area (Å²) >= 11 is 4.13. The minimum atomic E-state index is -0.822. The molecule has 5 heteroatoms. The average Bonchev–Trinajstić information content (AvgIpc) is 2.06. The Morgan fingerprint density at radius 3 is 2.00 bits per heavy atom. The summed E-state index contributed by atoms with van der Waals surface area (Å²) in [5.74, 6) is -0.125. The molecule has 3 nitrogen and oxygen atoms in total. The van der Waals surface area contributed by atoms with E-state index in [4.69, 9.17) is 13.9 Å². The van der Waals surface area contributed by atoms with Crippen LogP contribution in [0.25, 0.3) is 0 Å². The molecule has 12 heavy (non-hydrogen) atoms. The molecular formula is C7H18O3SSi. The lowest BCUT2D eigenvalue weighted by Crippen LogP contribution is -2.39. The Bertz CT molecular complexity index is 95.8. The van der Waals surface area contributed by atoms with Crippen LogP contribution in [0, 0.1) is 0 Å². The molecule has 0 heterocycles. The molecule has 0 aliphatic carbocycles. The van der Waals surface area contributed by atoms with Crippen molar-refractivity contribution in [3.8, 4) is 0 Å². The molecule has 0 rings (SSSR count). The first-order valence-electron chi connectivity index (χ1n) is 4.18. The zero-order valence-corrected chi connectivity index (χ0v) is 10.9. The minimum Gasteiger partial charge on any atom is -0.380 e. The molecule has 0 fully saturated rings. The SMILES string of the molecule is CCOC(CCS)(O[SiH3])OCC. The van der Waals surface area contributed by atoms with Gasteiger partial charge in [0.05, 0.1) is 0 Å². The summed E-state index contributed by atoms with van der Waals surface area (Å²) in [6.45, 7) is 5.03. The third-order valence-electron chi connectivity index (χ3n) is 1.46. The standard InChI is InChI=1S/C7H18O3SSi/c1-3-8-7(10-12,5-6-11)9-4-2/h11H,3-6H2,1-2,12H3. The van der Waals surface area contributed by atoms with Crippen molar-refractivity contribution in [3.05, 3.63) is 0 Å². The first kappa shape index (κ1) is 12.4. The molecule has 0 atom stereocenters. The minimum absolute atomic E-state index is 0.593. The molecule has 0 aromatic carbocycles. The van der Waals surface area contributed by atoms with E-state index in [0.717, 1.165) is 0 Å². The van der Waals surface area contributed by atoms with E-state index in [1.807, 2.05) is 13.8 Å². The van der Waals surface area contributed by atoms with Crippen LogP contribution in [-0.2, 0) is 13.9 Å². The topological polar surface area (TPSA) is 27.7 Å². The van der Waals surface area contributed by atoms with Gasteiger partial charge in [-0.3, -0.25) is 0 Å². The first-order chi connectivity index (χ1) is 5.74. The number of hydrogen-bond donors (Lipinski definition) is 1. The fourth-order valence-corrected chi connectivity index (χ4v) is 1.70. The lowest BCUT2D eigenvalue weighted by Gasteiger charge is -2.31. The molecule has 0 radical (unpaired) electrons. The fourth-order valence-electron chi connectivity index (χ4n) is 0.983. The van der Waals surface area contributed by atoms with Gasteiger partial charge >= 0.3 is 0 Å². The third kappa shape index (κ3) is 3.91. The van der Waals surface area contributed by atoms with E-state index in [2.05, 4.69) is 12.6 Å². The maximum atomic E-state index is 5.40. The van der Waals surface area contributed by atoms with Gasteiger partial charge in [-0.05, 0) is 19.6 Å². The summed E-state index contributed by atoms with van der Waals surface area (Å²) in [6, 6.07) is 0. The quantitative estimate of drug-likeness (QED) is 0.373. The van der Waals surface area contributed by atoms with Crippen molar-refractivity contribution in [1.82, 2.24) is 0 Å². The van der Waals surface area contributed by atoms with E-state index < -0.39 is 5.97 Å². The zero-order chi connectivity index (χ0) is 9.45. The second kappa shape index (κ2) is 6.91. The lowest BCUT2D eigenvalue weighted by atomic mass is 10.4. The van der Waals surface area contributed by atoms with Crippen LogP contribution >= 0.6 is 12.6 Å². The molecule has 0 aliphatic rings. The highest BCUT2D eigenvalue weighted by molar-refractivity contribution is 7.80. The van der Waals surface area contributed by atoms with Crippen molar-refractivity contribution in [2.24, 2.45) is 0 Å². The Hall–Kier alpha value is 0.447. The molecule has 0 amide bonds. The normalized spacial score (nSPS) is 12.2. The third-order valence-corrected chi connectivity index (χ3v) is 2.30. The predicted molar refractivity (Wildman–Crippen MR) is 55.5 cm³/mol. The van der Waals surface area contributed by atoms with Crippen LogP contribution in [0.3, 0.4) is 0 Å². The maximum Gasteiger partial charge on any atom is 0.273 e. The molecule has 0 saturated heterocycles. The van der Waals surface area contributed by atoms with Gasteiger partial charge in [0.25, 0.3) is 5.97 Å². The molecular weight excluding hydrogens is 192 g/mol. The molecule has 0 aliphatic heterocycles. The van der Waals surface area contributed by atoms with Gasteiger partial charge in [-0.15, -0.1) is 0 Å². The van der Waals surface area contributed by atoms with Crippen LogP contribution in [0.15, 0.2) is 0 Å². The van der Waals surface area contributed by atoms with E-state index in [1.165, 1.54) is 0 Å². The number of hydrogen-bond acceptors (Lipinski definition) is 4. The van der Waals surface area contributed by atoms with Gasteiger partial charge in [-0.1, -0.05) is 0 Å². The predicted octanol–water partition coefficient (Wildman–Crippen LogP) is 0.330. The highest BCUT2D eigenvalue weighted by atomic mass is 32.1. The smallest absolute Gasteiger partial charge is 0.273 e. The van der Waals surface area contributed by atoms with Gasteiger partial charge in [0, 0.05) is 19.6 Å². The summed E-state index contributed by atoms with van der Waals surface area (Å²) in [4.78, 5) is 0. The Labute approximate surface area is 82.7 Å². The fraction of sp³-hybridized carbons (Fsp3) is 1.00. The molecule has 0 saturated carbocycles. The van der Waals surface area contributed by atoms with Crippen LogP contribution < -0.4 is 0 Å². The summed E-state index contributed by atoms with van der Waals surface area (Å²) in [6.07, 6.45) is 0.668. The Morgan fingerprint density at radius 1 is 1.25 bits per heavy atom. The monoisotopic (exact) mass is 210 g/mol. The Morgan fingerprint density at radius 2 is 1.75 bits per heavy atom. The second-order valence-electron chi connectivity index (χ2n) is 2.23. The summed E-state index contributed by atoms with van der Waals surface area (Å²) in [5, 5.41) is 0. The largest absolute Gasteiger partial charge is 0.380 e. The van der Waals surface area contributed by atoms with E-state index >= 15 is 0 Å². The summed E-state index contributed by atoms with van der Waals surface area (Å²) in [7, 11) is 0.605. The molecule has 0 aromatic heterocycles. The van der Waals surface area contributed by atoms with Gasteiger partial charge in [-0.2, -0.15) is 12.6 Å². The Kier molecular flexibility index (Phi) is 7.17. The average molecular weight is 210 g/mol. The van der Waals surface area contributed by atoms with Gasteiger partial charge < -0.3 is 13.9 Å². The molecule has 0 bridgehead atoms. The lowest BCUT2D eigenvalue weighted by molar-refractivity contribution is -0.340. The second-order valence-corrected chi connectivity index (χ2v) is 3.08. The van der Waals surface area contributed by atoms with E-state index in [0.29, 0.717) is 35.9 Å². The van der Waals surface area contributed by atoms with Crippen LogP contribution in [0.5, 0.6) is 0 Å². The van der Waals surface area contributed by atoms with Crippen LogP contribution in [0.4, 0.5) is 0 Å². The van der Waals surface area contributed by atoms with Crippen molar-refractivity contribution in [3.63, 3.8) is 0 Å². The van der Waals surface area contributed by atoms with Crippen molar-refractivity contribution in [2.45, 2.75) is 26.2 Å². The number of rotatable bonds is 7. The molecule has 74 valence electrons. The van der Waals surface area contributed by atoms with E-state index in [-0.39, 0.29) is 0 Å². The number of thiol groups is 1. The number of ether oxygens (including phenoxy) is 2. The van der Waals surface area contributed by atoms with Crippen molar-refractivity contribution in [1.29, 1.82) is 0 Å². The van der Waals surface area contributed by atoms with Crippen LogP contribution in [0.1, 0.15) is 20.3 Å². The van der Waals surface area contributed by atoms with Gasteiger partial charge in [-0.25, -0.2) is 0 Å². The van der Waals surface area contributed by atoms with Crippen molar-refractivity contribution >= 4 is 23.1 Å². The first-order valence-corrected chi connectivity index (χ1v) is 5.63. The van der Waals surface area contributed by atoms with Crippen molar-refractivity contribution in [2.75, 3.05) is 19.0 Å². The molecule has 0 spiro atoms. The Balaban J connectivity index is 4.06. The van der Waals surface area contributed by atoms with E-state index in [1.54, 1.807) is 0 Å².